The lowest BCUT2D eigenvalue weighted by atomic mass is 10.0. The van der Waals surface area contributed by atoms with Crippen molar-refractivity contribution in [1.29, 1.82) is 0 Å². The summed E-state index contributed by atoms with van der Waals surface area (Å²) in [7, 11) is 0. The van der Waals surface area contributed by atoms with Gasteiger partial charge in [-0.25, -0.2) is 0 Å². The standard InChI is InChI=1S/C16H26N2O/c1-3-15(13-14-9-6-5-7-10-14)18(4-2)16(19)11-8-12-17/h5-7,9-10,15H,3-4,8,11-13,17H2,1-2H3. The number of nitrogens with zero attached hydrogens (tertiary/aromatic N) is 1. The van der Waals surface area contributed by atoms with Gasteiger partial charge in [0.25, 0.3) is 0 Å². The molecule has 19 heavy (non-hydrogen) atoms. The second-order valence-electron chi connectivity index (χ2n) is 4.82. The Balaban J connectivity index is 2.67. The number of carbonyl (C=O) groups excluding carboxylic acids is 1. The summed E-state index contributed by atoms with van der Waals surface area (Å²) in [6.07, 6.45) is 3.25. The SMILES string of the molecule is CCC(Cc1ccccc1)N(CC)C(=O)CCCN. The monoisotopic (exact) mass is 262 g/mol. The fourth-order valence-electron chi connectivity index (χ4n) is 2.40. The van der Waals surface area contributed by atoms with E-state index >= 15 is 0 Å². The number of amides is 1. The van der Waals surface area contributed by atoms with Crippen molar-refractivity contribution in [3.05, 3.63) is 35.9 Å². The van der Waals surface area contributed by atoms with Gasteiger partial charge in [-0.05, 0) is 38.3 Å². The molecule has 2 N–H and O–H groups in total. The van der Waals surface area contributed by atoms with Gasteiger partial charge in [-0.2, -0.15) is 0 Å². The average Bonchev–Trinajstić information content (AvgIpc) is 2.45. The average molecular weight is 262 g/mol. The number of carbonyl (C=O) groups is 1. The summed E-state index contributed by atoms with van der Waals surface area (Å²) in [6, 6.07) is 10.7. The van der Waals surface area contributed by atoms with Crippen LogP contribution in [0.2, 0.25) is 0 Å². The molecule has 0 aliphatic carbocycles. The molecule has 0 saturated carbocycles. The van der Waals surface area contributed by atoms with Gasteiger partial charge in [0.15, 0.2) is 0 Å². The lowest BCUT2D eigenvalue weighted by Gasteiger charge is -2.30. The third-order valence-electron chi connectivity index (χ3n) is 3.48. The molecule has 0 fully saturated rings. The van der Waals surface area contributed by atoms with Gasteiger partial charge in [0, 0.05) is 19.0 Å². The minimum atomic E-state index is 0.232. The van der Waals surface area contributed by atoms with E-state index in [4.69, 9.17) is 5.73 Å². The van der Waals surface area contributed by atoms with Gasteiger partial charge in [0.1, 0.15) is 0 Å². The van der Waals surface area contributed by atoms with Gasteiger partial charge >= 0.3 is 0 Å². The lowest BCUT2D eigenvalue weighted by molar-refractivity contribution is -0.133. The zero-order valence-electron chi connectivity index (χ0n) is 12.1. The molecule has 0 saturated heterocycles. The zero-order chi connectivity index (χ0) is 14.1. The first-order chi connectivity index (χ1) is 9.22. The van der Waals surface area contributed by atoms with E-state index in [0.29, 0.717) is 13.0 Å². The number of benzene rings is 1. The van der Waals surface area contributed by atoms with Crippen molar-refractivity contribution in [2.75, 3.05) is 13.1 Å². The molecule has 0 aliphatic rings. The van der Waals surface area contributed by atoms with E-state index < -0.39 is 0 Å². The van der Waals surface area contributed by atoms with Gasteiger partial charge in [-0.3, -0.25) is 4.79 Å². The summed E-state index contributed by atoms with van der Waals surface area (Å²) >= 11 is 0. The Morgan fingerprint density at radius 2 is 1.95 bits per heavy atom. The van der Waals surface area contributed by atoms with E-state index in [0.717, 1.165) is 25.8 Å². The van der Waals surface area contributed by atoms with Gasteiger partial charge < -0.3 is 10.6 Å². The normalized spacial score (nSPS) is 12.2. The van der Waals surface area contributed by atoms with E-state index in [1.807, 2.05) is 17.9 Å². The molecule has 1 amide bonds. The molecule has 0 heterocycles. The van der Waals surface area contributed by atoms with Crippen LogP contribution in [0.25, 0.3) is 0 Å². The summed E-state index contributed by atoms with van der Waals surface area (Å²) in [5.41, 5.74) is 6.77. The van der Waals surface area contributed by atoms with Gasteiger partial charge in [0.2, 0.25) is 5.91 Å². The Bertz CT molecular complexity index is 364. The van der Waals surface area contributed by atoms with Crippen LogP contribution in [0.3, 0.4) is 0 Å². The smallest absolute Gasteiger partial charge is 0.222 e. The molecule has 0 aromatic heterocycles. The highest BCUT2D eigenvalue weighted by Gasteiger charge is 2.20. The molecule has 3 heteroatoms. The molecule has 1 unspecified atom stereocenters. The maximum Gasteiger partial charge on any atom is 0.222 e. The van der Waals surface area contributed by atoms with Crippen LogP contribution in [0.15, 0.2) is 30.3 Å². The van der Waals surface area contributed by atoms with Crippen molar-refractivity contribution in [1.82, 2.24) is 4.90 Å². The summed E-state index contributed by atoms with van der Waals surface area (Å²) < 4.78 is 0. The van der Waals surface area contributed by atoms with Crippen molar-refractivity contribution in [3.63, 3.8) is 0 Å². The Morgan fingerprint density at radius 1 is 1.26 bits per heavy atom. The van der Waals surface area contributed by atoms with Crippen molar-refractivity contribution < 1.29 is 4.79 Å². The third-order valence-corrected chi connectivity index (χ3v) is 3.48. The summed E-state index contributed by atoms with van der Waals surface area (Å²) in [4.78, 5) is 14.2. The van der Waals surface area contributed by atoms with Gasteiger partial charge in [-0.1, -0.05) is 37.3 Å². The molecule has 0 aliphatic heterocycles. The van der Waals surface area contributed by atoms with Crippen molar-refractivity contribution in [2.45, 2.75) is 45.6 Å². The molecule has 1 aromatic carbocycles. The minimum Gasteiger partial charge on any atom is -0.340 e. The van der Waals surface area contributed by atoms with Gasteiger partial charge in [-0.15, -0.1) is 0 Å². The summed E-state index contributed by atoms with van der Waals surface area (Å²) in [6.45, 7) is 5.55. The maximum atomic E-state index is 12.2. The van der Waals surface area contributed by atoms with Crippen LogP contribution in [-0.4, -0.2) is 29.9 Å². The molecule has 1 rings (SSSR count). The highest BCUT2D eigenvalue weighted by molar-refractivity contribution is 5.76. The molecule has 1 atom stereocenters. The van der Waals surface area contributed by atoms with E-state index in [1.165, 1.54) is 5.56 Å². The number of hydrogen-bond donors (Lipinski definition) is 1. The number of hydrogen-bond acceptors (Lipinski definition) is 2. The molecular weight excluding hydrogens is 236 g/mol. The molecule has 0 bridgehead atoms. The number of nitrogens with two attached hydrogens (primary N) is 1. The lowest BCUT2D eigenvalue weighted by Crippen LogP contribution is -2.41. The molecule has 106 valence electrons. The largest absolute Gasteiger partial charge is 0.340 e. The van der Waals surface area contributed by atoms with Crippen LogP contribution < -0.4 is 5.73 Å². The van der Waals surface area contributed by atoms with Crippen LogP contribution in [0, 0.1) is 0 Å². The molecule has 3 nitrogen and oxygen atoms in total. The van der Waals surface area contributed by atoms with Crippen LogP contribution in [0.1, 0.15) is 38.7 Å². The quantitative estimate of drug-likeness (QED) is 0.782. The topological polar surface area (TPSA) is 46.3 Å². The summed E-state index contributed by atoms with van der Waals surface area (Å²) in [5, 5.41) is 0. The summed E-state index contributed by atoms with van der Waals surface area (Å²) in [5.74, 6) is 0.232. The van der Waals surface area contributed by atoms with Crippen molar-refractivity contribution in [3.8, 4) is 0 Å². The Hall–Kier alpha value is -1.35. The van der Waals surface area contributed by atoms with E-state index in [2.05, 4.69) is 31.2 Å². The molecule has 0 spiro atoms. The first kappa shape index (κ1) is 15.7. The second kappa shape index (κ2) is 8.70. The zero-order valence-corrected chi connectivity index (χ0v) is 12.1. The van der Waals surface area contributed by atoms with E-state index in [9.17, 15) is 4.79 Å². The minimum absolute atomic E-state index is 0.232. The second-order valence-corrected chi connectivity index (χ2v) is 4.82. The predicted molar refractivity (Wildman–Crippen MR) is 79.9 cm³/mol. The number of rotatable bonds is 8. The predicted octanol–water partition coefficient (Wildman–Crippen LogP) is 2.60. The fraction of sp³-hybridized carbons (Fsp3) is 0.562. The number of likely N-dealkylation sites (N-methyl/N-ethyl adjacent to an activating group) is 1. The third kappa shape index (κ3) is 5.03. The van der Waals surface area contributed by atoms with Crippen molar-refractivity contribution in [2.24, 2.45) is 5.73 Å². The van der Waals surface area contributed by atoms with Crippen LogP contribution in [0.4, 0.5) is 0 Å². The van der Waals surface area contributed by atoms with E-state index in [1.54, 1.807) is 0 Å². The highest BCUT2D eigenvalue weighted by atomic mass is 16.2. The van der Waals surface area contributed by atoms with Crippen LogP contribution in [0.5, 0.6) is 0 Å². The maximum absolute atomic E-state index is 12.2. The van der Waals surface area contributed by atoms with Crippen LogP contribution in [-0.2, 0) is 11.2 Å². The van der Waals surface area contributed by atoms with Crippen molar-refractivity contribution >= 4 is 5.91 Å². The first-order valence-electron chi connectivity index (χ1n) is 7.26. The fourth-order valence-corrected chi connectivity index (χ4v) is 2.40. The molecule has 1 aromatic rings. The molecular formula is C16H26N2O. The van der Waals surface area contributed by atoms with E-state index in [-0.39, 0.29) is 11.9 Å². The first-order valence-corrected chi connectivity index (χ1v) is 7.26. The Morgan fingerprint density at radius 3 is 2.47 bits per heavy atom. The van der Waals surface area contributed by atoms with Crippen LogP contribution >= 0.6 is 0 Å². The molecule has 0 radical (unpaired) electrons. The Labute approximate surface area is 116 Å². The highest BCUT2D eigenvalue weighted by Crippen LogP contribution is 2.13. The van der Waals surface area contributed by atoms with Gasteiger partial charge in [0.05, 0.1) is 0 Å². The Kier molecular flexibility index (Phi) is 7.19.